The maximum atomic E-state index is 13.6. The fraction of sp³-hybridized carbons (Fsp3) is 0.0714. The molecule has 0 aliphatic heterocycles. The summed E-state index contributed by atoms with van der Waals surface area (Å²) in [5.74, 6) is -1.02. The Kier molecular flexibility index (Phi) is 3.71. The van der Waals surface area contributed by atoms with E-state index in [0.29, 0.717) is 16.1 Å². The number of carbonyl (C=O) groups is 1. The molecule has 0 saturated heterocycles. The van der Waals surface area contributed by atoms with Crippen molar-refractivity contribution >= 4 is 28.9 Å². The summed E-state index contributed by atoms with van der Waals surface area (Å²) >= 11 is 5.94. The van der Waals surface area contributed by atoms with E-state index < -0.39 is 11.7 Å². The van der Waals surface area contributed by atoms with Crippen molar-refractivity contribution in [1.82, 2.24) is 0 Å². The van der Waals surface area contributed by atoms with Crippen LogP contribution in [0.5, 0.6) is 0 Å². The number of amides is 1. The summed E-state index contributed by atoms with van der Waals surface area (Å²) in [5.41, 5.74) is 6.81. The maximum Gasteiger partial charge on any atom is 0.256 e. The number of halogens is 2. The zero-order chi connectivity index (χ0) is 14.0. The van der Waals surface area contributed by atoms with Crippen molar-refractivity contribution in [3.8, 4) is 0 Å². The molecule has 0 aliphatic carbocycles. The van der Waals surface area contributed by atoms with Gasteiger partial charge in [0.05, 0.1) is 5.69 Å². The van der Waals surface area contributed by atoms with Crippen LogP contribution in [-0.4, -0.2) is 5.91 Å². The number of nitrogens with one attached hydrogen (secondary N) is 1. The summed E-state index contributed by atoms with van der Waals surface area (Å²) in [6.07, 6.45) is 0. The maximum absolute atomic E-state index is 13.6. The molecule has 0 heterocycles. The van der Waals surface area contributed by atoms with Gasteiger partial charge in [0.15, 0.2) is 0 Å². The topological polar surface area (TPSA) is 55.1 Å². The third-order valence-electron chi connectivity index (χ3n) is 2.80. The van der Waals surface area contributed by atoms with E-state index in [2.05, 4.69) is 5.32 Å². The van der Waals surface area contributed by atoms with E-state index in [-0.39, 0.29) is 11.4 Å². The first kappa shape index (κ1) is 13.4. The minimum atomic E-state index is -0.576. The predicted octanol–water partition coefficient (Wildman–Crippen LogP) is 3.62. The lowest BCUT2D eigenvalue weighted by atomic mass is 10.1. The molecule has 3 N–H and O–H groups in total. The molecule has 2 aromatic rings. The highest BCUT2D eigenvalue weighted by atomic mass is 35.5. The number of benzene rings is 2. The number of anilines is 2. The van der Waals surface area contributed by atoms with E-state index in [4.69, 9.17) is 17.3 Å². The molecule has 98 valence electrons. The summed E-state index contributed by atoms with van der Waals surface area (Å²) in [6.45, 7) is 1.72. The van der Waals surface area contributed by atoms with Crippen LogP contribution >= 0.6 is 11.6 Å². The van der Waals surface area contributed by atoms with Gasteiger partial charge in [-0.1, -0.05) is 23.7 Å². The quantitative estimate of drug-likeness (QED) is 0.824. The number of hydrogen-bond acceptors (Lipinski definition) is 2. The SMILES string of the molecule is Cc1c(Cl)cccc1C(=O)Nc1c(N)cccc1F. The Labute approximate surface area is 115 Å². The van der Waals surface area contributed by atoms with Gasteiger partial charge in [-0.05, 0) is 36.8 Å². The van der Waals surface area contributed by atoms with Crippen LogP contribution in [0.15, 0.2) is 36.4 Å². The lowest BCUT2D eigenvalue weighted by Gasteiger charge is -2.11. The third kappa shape index (κ3) is 2.69. The smallest absolute Gasteiger partial charge is 0.256 e. The van der Waals surface area contributed by atoms with Gasteiger partial charge in [0.2, 0.25) is 0 Å². The van der Waals surface area contributed by atoms with Crippen LogP contribution < -0.4 is 11.1 Å². The van der Waals surface area contributed by atoms with Gasteiger partial charge in [-0.25, -0.2) is 4.39 Å². The number of nitrogen functional groups attached to an aromatic ring is 1. The standard InChI is InChI=1S/C14H12ClFN2O/c1-8-9(4-2-5-10(8)15)14(19)18-13-11(16)6-3-7-12(13)17/h2-7H,17H2,1H3,(H,18,19). The lowest BCUT2D eigenvalue weighted by Crippen LogP contribution is -2.15. The Balaban J connectivity index is 2.34. The van der Waals surface area contributed by atoms with Crippen LogP contribution in [0.25, 0.3) is 0 Å². The molecule has 19 heavy (non-hydrogen) atoms. The number of rotatable bonds is 2. The van der Waals surface area contributed by atoms with Gasteiger partial charge in [0, 0.05) is 10.6 Å². The molecule has 2 aromatic carbocycles. The first-order chi connectivity index (χ1) is 9.00. The van der Waals surface area contributed by atoms with Crippen molar-refractivity contribution < 1.29 is 9.18 Å². The van der Waals surface area contributed by atoms with Crippen LogP contribution in [0.4, 0.5) is 15.8 Å². The lowest BCUT2D eigenvalue weighted by molar-refractivity contribution is 0.102. The highest BCUT2D eigenvalue weighted by molar-refractivity contribution is 6.32. The molecule has 1 amide bonds. The monoisotopic (exact) mass is 278 g/mol. The minimum absolute atomic E-state index is 0.0214. The summed E-state index contributed by atoms with van der Waals surface area (Å²) < 4.78 is 13.6. The van der Waals surface area contributed by atoms with E-state index >= 15 is 0 Å². The van der Waals surface area contributed by atoms with E-state index in [0.717, 1.165) is 0 Å². The van der Waals surface area contributed by atoms with Crippen LogP contribution in [-0.2, 0) is 0 Å². The van der Waals surface area contributed by atoms with Gasteiger partial charge in [0.1, 0.15) is 11.5 Å². The summed E-state index contributed by atoms with van der Waals surface area (Å²) in [5, 5.41) is 2.95. The molecule has 0 fully saturated rings. The highest BCUT2D eigenvalue weighted by Crippen LogP contribution is 2.24. The second-order valence-corrected chi connectivity index (χ2v) is 4.48. The molecular formula is C14H12ClFN2O. The fourth-order valence-electron chi connectivity index (χ4n) is 1.71. The van der Waals surface area contributed by atoms with E-state index in [1.165, 1.54) is 18.2 Å². The average Bonchev–Trinajstić information content (AvgIpc) is 2.37. The largest absolute Gasteiger partial charge is 0.397 e. The second-order valence-electron chi connectivity index (χ2n) is 4.07. The molecular weight excluding hydrogens is 267 g/mol. The Morgan fingerprint density at radius 1 is 1.26 bits per heavy atom. The highest BCUT2D eigenvalue weighted by Gasteiger charge is 2.14. The molecule has 0 aliphatic rings. The van der Waals surface area contributed by atoms with Gasteiger partial charge in [-0.2, -0.15) is 0 Å². The molecule has 0 bridgehead atoms. The molecule has 2 rings (SSSR count). The fourth-order valence-corrected chi connectivity index (χ4v) is 1.88. The van der Waals surface area contributed by atoms with Crippen LogP contribution in [0.1, 0.15) is 15.9 Å². The summed E-state index contributed by atoms with van der Waals surface area (Å²) in [6, 6.07) is 9.19. The molecule has 0 spiro atoms. The summed E-state index contributed by atoms with van der Waals surface area (Å²) in [4.78, 5) is 12.1. The van der Waals surface area contributed by atoms with Crippen LogP contribution in [0, 0.1) is 12.7 Å². The first-order valence-electron chi connectivity index (χ1n) is 5.61. The van der Waals surface area contributed by atoms with Gasteiger partial charge in [-0.15, -0.1) is 0 Å². The zero-order valence-corrected chi connectivity index (χ0v) is 11.0. The van der Waals surface area contributed by atoms with Crippen molar-refractivity contribution in [1.29, 1.82) is 0 Å². The van der Waals surface area contributed by atoms with E-state index in [1.807, 2.05) is 0 Å². The molecule has 0 unspecified atom stereocenters. The molecule has 0 aromatic heterocycles. The summed E-state index contributed by atoms with van der Waals surface area (Å²) in [7, 11) is 0. The predicted molar refractivity (Wildman–Crippen MR) is 75.0 cm³/mol. The Morgan fingerprint density at radius 3 is 2.63 bits per heavy atom. The normalized spacial score (nSPS) is 10.3. The average molecular weight is 279 g/mol. The third-order valence-corrected chi connectivity index (χ3v) is 3.21. The van der Waals surface area contributed by atoms with Gasteiger partial charge >= 0.3 is 0 Å². The number of para-hydroxylation sites is 1. The van der Waals surface area contributed by atoms with Crippen molar-refractivity contribution in [2.45, 2.75) is 6.92 Å². The number of hydrogen-bond donors (Lipinski definition) is 2. The Morgan fingerprint density at radius 2 is 1.95 bits per heavy atom. The van der Waals surface area contributed by atoms with Gasteiger partial charge < -0.3 is 11.1 Å². The molecule has 0 saturated carbocycles. The Hall–Kier alpha value is -2.07. The first-order valence-corrected chi connectivity index (χ1v) is 5.99. The van der Waals surface area contributed by atoms with Gasteiger partial charge in [0.25, 0.3) is 5.91 Å². The van der Waals surface area contributed by atoms with Crippen molar-refractivity contribution in [2.75, 3.05) is 11.1 Å². The zero-order valence-electron chi connectivity index (χ0n) is 10.2. The molecule has 0 radical (unpaired) electrons. The molecule has 3 nitrogen and oxygen atoms in total. The van der Waals surface area contributed by atoms with Crippen molar-refractivity contribution in [2.24, 2.45) is 0 Å². The minimum Gasteiger partial charge on any atom is -0.397 e. The Bertz CT molecular complexity index is 623. The molecule has 5 heteroatoms. The molecule has 0 atom stereocenters. The van der Waals surface area contributed by atoms with Crippen molar-refractivity contribution in [3.63, 3.8) is 0 Å². The van der Waals surface area contributed by atoms with Gasteiger partial charge in [-0.3, -0.25) is 4.79 Å². The van der Waals surface area contributed by atoms with Crippen LogP contribution in [0.3, 0.4) is 0 Å². The van der Waals surface area contributed by atoms with Crippen LogP contribution in [0.2, 0.25) is 5.02 Å². The van der Waals surface area contributed by atoms with E-state index in [1.54, 1.807) is 25.1 Å². The number of nitrogens with two attached hydrogens (primary N) is 1. The van der Waals surface area contributed by atoms with Crippen molar-refractivity contribution in [3.05, 3.63) is 58.4 Å². The number of carbonyl (C=O) groups excluding carboxylic acids is 1. The van der Waals surface area contributed by atoms with E-state index in [9.17, 15) is 9.18 Å². The second kappa shape index (κ2) is 5.28.